The Hall–Kier alpha value is -0.940. The van der Waals surface area contributed by atoms with Crippen LogP contribution >= 0.6 is 15.9 Å². The fourth-order valence-corrected chi connectivity index (χ4v) is 3.86. The number of piperidine rings is 1. The van der Waals surface area contributed by atoms with Gasteiger partial charge in [-0.15, -0.1) is 0 Å². The van der Waals surface area contributed by atoms with Gasteiger partial charge in [0.05, 0.1) is 0 Å². The zero-order valence-corrected chi connectivity index (χ0v) is 14.0. The molecule has 2 fully saturated rings. The third-order valence-electron chi connectivity index (χ3n) is 4.56. The number of nitrogens with one attached hydrogen (secondary N) is 1. The van der Waals surface area contributed by atoms with Gasteiger partial charge in [0.2, 0.25) is 0 Å². The minimum atomic E-state index is 0.0793. The van der Waals surface area contributed by atoms with E-state index in [1.165, 1.54) is 12.8 Å². The van der Waals surface area contributed by atoms with Gasteiger partial charge in [-0.25, -0.2) is 4.98 Å². The summed E-state index contributed by atoms with van der Waals surface area (Å²) in [5.41, 5.74) is 0.553. The van der Waals surface area contributed by atoms with Crippen LogP contribution in [0.3, 0.4) is 0 Å². The molecule has 21 heavy (non-hydrogen) atoms. The molecule has 0 radical (unpaired) electrons. The van der Waals surface area contributed by atoms with E-state index >= 15 is 0 Å². The Morgan fingerprint density at radius 1 is 1.38 bits per heavy atom. The molecule has 0 aliphatic carbocycles. The van der Waals surface area contributed by atoms with Crippen LogP contribution < -0.4 is 5.32 Å². The minimum Gasteiger partial charge on any atom is -0.334 e. The predicted octanol–water partition coefficient (Wildman–Crippen LogP) is 2.98. The van der Waals surface area contributed by atoms with Crippen LogP contribution in [-0.4, -0.2) is 40.5 Å². The van der Waals surface area contributed by atoms with Crippen molar-refractivity contribution in [1.82, 2.24) is 15.2 Å². The fraction of sp³-hybridized carbons (Fsp3) is 0.625. The normalized spacial score (nSPS) is 27.6. The highest BCUT2D eigenvalue weighted by Gasteiger charge is 2.37. The predicted molar refractivity (Wildman–Crippen MR) is 86.2 cm³/mol. The van der Waals surface area contributed by atoms with Crippen molar-refractivity contribution in [3.8, 4) is 0 Å². The molecule has 4 nitrogen and oxygen atoms in total. The van der Waals surface area contributed by atoms with Crippen LogP contribution in [0.1, 0.15) is 49.5 Å². The molecule has 3 rings (SSSR count). The van der Waals surface area contributed by atoms with Gasteiger partial charge in [0, 0.05) is 35.3 Å². The second-order valence-electron chi connectivity index (χ2n) is 6.12. The quantitative estimate of drug-likeness (QED) is 0.906. The average molecular weight is 352 g/mol. The van der Waals surface area contributed by atoms with Crippen LogP contribution in [0.4, 0.5) is 0 Å². The lowest BCUT2D eigenvalue weighted by Gasteiger charge is -2.37. The number of nitrogens with zero attached hydrogens (tertiary/aromatic N) is 2. The molecule has 3 heterocycles. The van der Waals surface area contributed by atoms with Crippen molar-refractivity contribution in [2.24, 2.45) is 0 Å². The molecule has 0 aromatic carbocycles. The third kappa shape index (κ3) is 3.29. The van der Waals surface area contributed by atoms with Gasteiger partial charge in [0.15, 0.2) is 0 Å². The highest BCUT2D eigenvalue weighted by molar-refractivity contribution is 9.10. The highest BCUT2D eigenvalue weighted by atomic mass is 79.9. The summed E-state index contributed by atoms with van der Waals surface area (Å²) in [6, 6.07) is 5.25. The van der Waals surface area contributed by atoms with E-state index in [0.717, 1.165) is 30.3 Å². The Balaban J connectivity index is 1.77. The summed E-state index contributed by atoms with van der Waals surface area (Å²) in [5.74, 6) is 0.0793. The van der Waals surface area contributed by atoms with Crippen LogP contribution in [0.15, 0.2) is 22.8 Å². The minimum absolute atomic E-state index is 0.0793. The van der Waals surface area contributed by atoms with E-state index in [9.17, 15) is 4.79 Å². The van der Waals surface area contributed by atoms with Gasteiger partial charge in [-0.05, 0) is 60.2 Å². The molecule has 0 spiro atoms. The van der Waals surface area contributed by atoms with Crippen molar-refractivity contribution < 1.29 is 4.79 Å². The second-order valence-corrected chi connectivity index (χ2v) is 7.04. The number of aromatic nitrogens is 1. The zero-order chi connectivity index (χ0) is 14.8. The molecular weight excluding hydrogens is 330 g/mol. The number of rotatable bonds is 4. The molecule has 2 atom stereocenters. The first-order chi connectivity index (χ1) is 10.2. The van der Waals surface area contributed by atoms with Crippen molar-refractivity contribution in [3.63, 3.8) is 0 Å². The van der Waals surface area contributed by atoms with Gasteiger partial charge in [-0.3, -0.25) is 4.79 Å². The maximum absolute atomic E-state index is 12.8. The first-order valence-electron chi connectivity index (χ1n) is 7.86. The number of pyridine rings is 1. The Kier molecular flexibility index (Phi) is 4.60. The number of fused-ring (bicyclic) bond motifs is 2. The molecule has 2 unspecified atom stereocenters. The van der Waals surface area contributed by atoms with Crippen molar-refractivity contribution >= 4 is 21.8 Å². The molecule has 1 amide bonds. The number of carbonyl (C=O) groups is 1. The summed E-state index contributed by atoms with van der Waals surface area (Å²) in [5, 5.41) is 3.64. The lowest BCUT2D eigenvalue weighted by atomic mass is 9.97. The molecule has 1 aromatic heterocycles. The number of hydrogen-bond acceptors (Lipinski definition) is 3. The number of hydrogen-bond donors (Lipinski definition) is 1. The van der Waals surface area contributed by atoms with E-state index in [1.807, 2.05) is 12.1 Å². The summed E-state index contributed by atoms with van der Waals surface area (Å²) >= 11 is 3.37. The maximum atomic E-state index is 12.8. The SMILES string of the molecule is CCCN(C(=O)c1ccc(Br)cn1)C1CC2CCC(C1)N2. The molecule has 2 bridgehead atoms. The first-order valence-corrected chi connectivity index (χ1v) is 8.65. The largest absolute Gasteiger partial charge is 0.334 e. The van der Waals surface area contributed by atoms with Gasteiger partial charge in [-0.2, -0.15) is 0 Å². The van der Waals surface area contributed by atoms with E-state index in [1.54, 1.807) is 6.20 Å². The smallest absolute Gasteiger partial charge is 0.272 e. The summed E-state index contributed by atoms with van der Waals surface area (Å²) in [4.78, 5) is 19.1. The van der Waals surface area contributed by atoms with E-state index in [-0.39, 0.29) is 5.91 Å². The average Bonchev–Trinajstić information content (AvgIpc) is 2.83. The molecule has 2 aliphatic rings. The maximum Gasteiger partial charge on any atom is 0.272 e. The Bertz CT molecular complexity index is 493. The van der Waals surface area contributed by atoms with E-state index in [0.29, 0.717) is 23.8 Å². The summed E-state index contributed by atoms with van der Waals surface area (Å²) in [6.07, 6.45) is 7.36. The van der Waals surface area contributed by atoms with Gasteiger partial charge in [0.25, 0.3) is 5.91 Å². The Labute approximate surface area is 134 Å². The van der Waals surface area contributed by atoms with E-state index < -0.39 is 0 Å². The van der Waals surface area contributed by atoms with Gasteiger partial charge in [0.1, 0.15) is 5.69 Å². The third-order valence-corrected chi connectivity index (χ3v) is 5.03. The number of halogens is 1. The zero-order valence-electron chi connectivity index (χ0n) is 12.4. The van der Waals surface area contributed by atoms with Crippen LogP contribution in [-0.2, 0) is 0 Å². The molecule has 5 heteroatoms. The lowest BCUT2D eigenvalue weighted by molar-refractivity contribution is 0.0610. The lowest BCUT2D eigenvalue weighted by Crippen LogP contribution is -2.50. The van der Waals surface area contributed by atoms with Crippen molar-refractivity contribution in [2.45, 2.75) is 57.2 Å². The van der Waals surface area contributed by atoms with E-state index in [4.69, 9.17) is 0 Å². The van der Waals surface area contributed by atoms with Crippen LogP contribution in [0.5, 0.6) is 0 Å². The van der Waals surface area contributed by atoms with Crippen molar-refractivity contribution in [3.05, 3.63) is 28.5 Å². The summed E-state index contributed by atoms with van der Waals surface area (Å²) < 4.78 is 0.904. The standard InChI is InChI=1S/C16H22BrN3O/c1-2-7-20(14-8-12-4-5-13(9-14)19-12)16(21)15-6-3-11(17)10-18-15/h3,6,10,12-14,19H,2,4-5,7-9H2,1H3. The van der Waals surface area contributed by atoms with Gasteiger partial charge < -0.3 is 10.2 Å². The summed E-state index contributed by atoms with van der Waals surface area (Å²) in [6.45, 7) is 2.95. The van der Waals surface area contributed by atoms with Gasteiger partial charge >= 0.3 is 0 Å². The second kappa shape index (κ2) is 6.44. The molecule has 0 saturated carbocycles. The highest BCUT2D eigenvalue weighted by Crippen LogP contribution is 2.30. The first kappa shape index (κ1) is 15.0. The number of amides is 1. The van der Waals surface area contributed by atoms with Crippen LogP contribution in [0.25, 0.3) is 0 Å². The molecule has 1 aromatic rings. The topological polar surface area (TPSA) is 45.2 Å². The van der Waals surface area contributed by atoms with Crippen LogP contribution in [0, 0.1) is 0 Å². The number of carbonyl (C=O) groups excluding carboxylic acids is 1. The molecular formula is C16H22BrN3O. The Morgan fingerprint density at radius 2 is 2.10 bits per heavy atom. The molecule has 2 saturated heterocycles. The van der Waals surface area contributed by atoms with Crippen LogP contribution in [0.2, 0.25) is 0 Å². The molecule has 1 N–H and O–H groups in total. The molecule has 114 valence electrons. The monoisotopic (exact) mass is 351 g/mol. The van der Waals surface area contributed by atoms with Gasteiger partial charge in [-0.1, -0.05) is 6.92 Å². The van der Waals surface area contributed by atoms with Crippen molar-refractivity contribution in [2.75, 3.05) is 6.54 Å². The Morgan fingerprint density at radius 3 is 2.67 bits per heavy atom. The van der Waals surface area contributed by atoms with E-state index in [2.05, 4.69) is 38.1 Å². The fourth-order valence-electron chi connectivity index (χ4n) is 3.62. The van der Waals surface area contributed by atoms with Crippen molar-refractivity contribution in [1.29, 1.82) is 0 Å². The molecule has 2 aliphatic heterocycles. The summed E-state index contributed by atoms with van der Waals surface area (Å²) in [7, 11) is 0.